The topological polar surface area (TPSA) is 66.8 Å². The van der Waals surface area contributed by atoms with Crippen LogP contribution in [0.1, 0.15) is 22.7 Å². The van der Waals surface area contributed by atoms with Crippen molar-refractivity contribution in [2.45, 2.75) is 12.2 Å². The number of amides is 1. The summed E-state index contributed by atoms with van der Waals surface area (Å²) in [6.45, 7) is 0. The van der Waals surface area contributed by atoms with Gasteiger partial charge in [0.25, 0.3) is 11.7 Å². The van der Waals surface area contributed by atoms with E-state index in [2.05, 4.69) is 0 Å². The molecule has 0 radical (unpaired) electrons. The summed E-state index contributed by atoms with van der Waals surface area (Å²) in [4.78, 5) is 26.9. The van der Waals surface area contributed by atoms with Crippen LogP contribution in [0.5, 0.6) is 5.75 Å². The Kier molecular flexibility index (Phi) is 5.87. The maximum Gasteiger partial charge on any atom is 0.416 e. The highest BCUT2D eigenvalue weighted by molar-refractivity contribution is 6.51. The molecule has 0 bridgehead atoms. The molecule has 174 valence electrons. The number of methoxy groups -OCH3 is 1. The molecule has 34 heavy (non-hydrogen) atoms. The highest BCUT2D eigenvalue weighted by Crippen LogP contribution is 2.43. The van der Waals surface area contributed by atoms with Crippen molar-refractivity contribution in [2.75, 3.05) is 12.0 Å². The normalized spacial score (nSPS) is 17.8. The van der Waals surface area contributed by atoms with E-state index in [1.807, 2.05) is 0 Å². The van der Waals surface area contributed by atoms with Gasteiger partial charge in [-0.15, -0.1) is 0 Å². The lowest BCUT2D eigenvalue weighted by molar-refractivity contribution is -0.137. The number of benzene rings is 3. The minimum atomic E-state index is -4.68. The Morgan fingerprint density at radius 2 is 1.62 bits per heavy atom. The number of hydrogen-bond donors (Lipinski definition) is 1. The van der Waals surface area contributed by atoms with E-state index in [9.17, 15) is 32.3 Å². The molecule has 4 rings (SSSR count). The zero-order chi connectivity index (χ0) is 24.6. The third kappa shape index (κ3) is 4.12. The van der Waals surface area contributed by atoms with Crippen LogP contribution in [0.25, 0.3) is 5.76 Å². The number of ether oxygens (including phenoxy) is 1. The number of alkyl halides is 3. The van der Waals surface area contributed by atoms with Crippen LogP contribution in [0.3, 0.4) is 0 Å². The van der Waals surface area contributed by atoms with Crippen molar-refractivity contribution >= 4 is 23.1 Å². The molecule has 0 aliphatic carbocycles. The fourth-order valence-corrected chi connectivity index (χ4v) is 3.80. The Morgan fingerprint density at radius 3 is 2.21 bits per heavy atom. The van der Waals surface area contributed by atoms with Crippen LogP contribution in [0.2, 0.25) is 0 Å². The number of anilines is 1. The number of halogens is 4. The first kappa shape index (κ1) is 23.0. The van der Waals surface area contributed by atoms with Crippen LogP contribution < -0.4 is 9.64 Å². The second-order valence-electron chi connectivity index (χ2n) is 7.50. The molecule has 5 nitrogen and oxygen atoms in total. The maximum absolute atomic E-state index is 13.6. The average molecular weight is 471 g/mol. The predicted octanol–water partition coefficient (Wildman–Crippen LogP) is 5.48. The van der Waals surface area contributed by atoms with E-state index in [0.29, 0.717) is 5.75 Å². The van der Waals surface area contributed by atoms with Crippen LogP contribution in [-0.2, 0) is 15.8 Å². The Balaban J connectivity index is 1.92. The molecule has 1 unspecified atom stereocenters. The van der Waals surface area contributed by atoms with E-state index in [-0.39, 0.29) is 22.4 Å². The number of carbonyl (C=O) groups excluding carboxylic acids is 2. The van der Waals surface area contributed by atoms with Gasteiger partial charge in [-0.1, -0.05) is 18.2 Å². The van der Waals surface area contributed by atoms with Gasteiger partial charge in [0, 0.05) is 11.3 Å². The van der Waals surface area contributed by atoms with Gasteiger partial charge in [0.2, 0.25) is 0 Å². The zero-order valence-corrected chi connectivity index (χ0v) is 17.6. The fraction of sp³-hybridized carbons (Fsp3) is 0.120. The van der Waals surface area contributed by atoms with Crippen molar-refractivity contribution in [1.29, 1.82) is 0 Å². The van der Waals surface area contributed by atoms with Gasteiger partial charge in [-0.05, 0) is 60.2 Å². The second kappa shape index (κ2) is 8.66. The summed E-state index contributed by atoms with van der Waals surface area (Å²) < 4.78 is 58.6. The van der Waals surface area contributed by atoms with Crippen molar-refractivity contribution in [3.8, 4) is 5.75 Å². The van der Waals surface area contributed by atoms with Gasteiger partial charge >= 0.3 is 6.18 Å². The van der Waals surface area contributed by atoms with Crippen molar-refractivity contribution in [3.05, 3.63) is 101 Å². The van der Waals surface area contributed by atoms with E-state index in [0.717, 1.165) is 35.2 Å². The van der Waals surface area contributed by atoms with Crippen LogP contribution in [0.4, 0.5) is 23.2 Å². The SMILES string of the molecule is COc1ccc(C(O)=C2C(=O)C(=O)N(c3cccc(C(F)(F)F)c3)C2c2ccc(F)cc2)cc1. The monoisotopic (exact) mass is 471 g/mol. The van der Waals surface area contributed by atoms with Crippen LogP contribution in [-0.4, -0.2) is 23.9 Å². The first-order valence-electron chi connectivity index (χ1n) is 10.00. The number of ketones is 1. The first-order chi connectivity index (χ1) is 16.1. The summed E-state index contributed by atoms with van der Waals surface area (Å²) in [5.41, 5.74) is -1.12. The second-order valence-corrected chi connectivity index (χ2v) is 7.50. The number of rotatable bonds is 4. The van der Waals surface area contributed by atoms with Crippen LogP contribution in [0, 0.1) is 5.82 Å². The Hall–Kier alpha value is -4.14. The number of aliphatic hydroxyl groups is 1. The summed E-state index contributed by atoms with van der Waals surface area (Å²) in [6.07, 6.45) is -4.68. The summed E-state index contributed by atoms with van der Waals surface area (Å²) in [5.74, 6) is -2.83. The van der Waals surface area contributed by atoms with Gasteiger partial charge < -0.3 is 9.84 Å². The molecule has 0 saturated carbocycles. The molecule has 1 amide bonds. The van der Waals surface area contributed by atoms with Gasteiger partial charge in [0.1, 0.15) is 17.3 Å². The molecule has 0 aromatic heterocycles. The van der Waals surface area contributed by atoms with Crippen molar-refractivity contribution in [3.63, 3.8) is 0 Å². The van der Waals surface area contributed by atoms with Crippen molar-refractivity contribution in [2.24, 2.45) is 0 Å². The number of hydrogen-bond acceptors (Lipinski definition) is 4. The van der Waals surface area contributed by atoms with E-state index in [4.69, 9.17) is 4.74 Å². The lowest BCUT2D eigenvalue weighted by Gasteiger charge is -2.26. The number of nitrogens with zero attached hydrogens (tertiary/aromatic N) is 1. The molecule has 1 saturated heterocycles. The number of carbonyl (C=O) groups is 2. The van der Waals surface area contributed by atoms with Crippen molar-refractivity contribution in [1.82, 2.24) is 0 Å². The molecular weight excluding hydrogens is 454 g/mol. The van der Waals surface area contributed by atoms with E-state index in [1.165, 1.54) is 49.6 Å². The van der Waals surface area contributed by atoms with Crippen LogP contribution >= 0.6 is 0 Å². The van der Waals surface area contributed by atoms with E-state index in [1.54, 1.807) is 0 Å². The first-order valence-corrected chi connectivity index (χ1v) is 10.00. The summed E-state index contributed by atoms with van der Waals surface area (Å²) >= 11 is 0. The van der Waals surface area contributed by atoms with Crippen LogP contribution in [0.15, 0.2) is 78.4 Å². The zero-order valence-electron chi connectivity index (χ0n) is 17.6. The molecular formula is C25H17F4NO4. The van der Waals surface area contributed by atoms with Gasteiger partial charge in [-0.25, -0.2) is 4.39 Å². The van der Waals surface area contributed by atoms with Gasteiger partial charge in [-0.3, -0.25) is 14.5 Å². The lowest BCUT2D eigenvalue weighted by atomic mass is 9.95. The van der Waals surface area contributed by atoms with Gasteiger partial charge in [0.15, 0.2) is 0 Å². The molecule has 1 heterocycles. The summed E-state index contributed by atoms with van der Waals surface area (Å²) in [6, 6.07) is 13.4. The Morgan fingerprint density at radius 1 is 0.971 bits per heavy atom. The Bertz CT molecular complexity index is 1280. The minimum absolute atomic E-state index is 0.190. The smallest absolute Gasteiger partial charge is 0.416 e. The number of aliphatic hydroxyl groups excluding tert-OH is 1. The molecule has 1 atom stereocenters. The predicted molar refractivity (Wildman–Crippen MR) is 116 cm³/mol. The van der Waals surface area contributed by atoms with E-state index >= 15 is 0 Å². The molecule has 1 aliphatic heterocycles. The highest BCUT2D eigenvalue weighted by Gasteiger charge is 2.47. The molecule has 1 fully saturated rings. The average Bonchev–Trinajstić information content (AvgIpc) is 3.09. The molecule has 1 aliphatic rings. The lowest BCUT2D eigenvalue weighted by Crippen LogP contribution is -2.29. The molecule has 0 spiro atoms. The maximum atomic E-state index is 13.6. The third-order valence-electron chi connectivity index (χ3n) is 5.45. The van der Waals surface area contributed by atoms with Gasteiger partial charge in [-0.2, -0.15) is 13.2 Å². The van der Waals surface area contributed by atoms with E-state index < -0.39 is 41.0 Å². The largest absolute Gasteiger partial charge is 0.507 e. The van der Waals surface area contributed by atoms with Gasteiger partial charge in [0.05, 0.1) is 24.3 Å². The molecule has 9 heteroatoms. The molecule has 1 N–H and O–H groups in total. The highest BCUT2D eigenvalue weighted by atomic mass is 19.4. The summed E-state index contributed by atoms with van der Waals surface area (Å²) in [7, 11) is 1.45. The number of Topliss-reactive ketones (excluding diaryl/α,β-unsaturated/α-hetero) is 1. The quantitative estimate of drug-likeness (QED) is 0.237. The fourth-order valence-electron chi connectivity index (χ4n) is 3.80. The van der Waals surface area contributed by atoms with Crippen molar-refractivity contribution < 1.29 is 37.0 Å². The third-order valence-corrected chi connectivity index (χ3v) is 5.45. The summed E-state index contributed by atoms with van der Waals surface area (Å²) in [5, 5.41) is 11.0. The minimum Gasteiger partial charge on any atom is -0.507 e. The molecule has 3 aromatic rings. The molecule has 3 aromatic carbocycles. The standard InChI is InChI=1S/C25H17F4NO4/c1-34-19-11-7-15(8-12-19)22(31)20-21(14-5-9-17(26)10-6-14)30(24(33)23(20)32)18-4-2-3-16(13-18)25(27,28)29/h2-13,21,31H,1H3. The Labute approximate surface area is 191 Å².